The molecule has 0 atom stereocenters. The Balaban J connectivity index is 2.18. The maximum Gasteiger partial charge on any atom is 0.268 e. The van der Waals surface area contributed by atoms with Crippen LogP contribution in [0.1, 0.15) is 29.4 Å². The van der Waals surface area contributed by atoms with Crippen molar-refractivity contribution < 1.29 is 4.79 Å². The Morgan fingerprint density at radius 2 is 2.15 bits per heavy atom. The van der Waals surface area contributed by atoms with Gasteiger partial charge in [0.15, 0.2) is 0 Å². The summed E-state index contributed by atoms with van der Waals surface area (Å²) in [5, 5.41) is 4.22. The molecular formula is C16H16N2O2. The summed E-state index contributed by atoms with van der Waals surface area (Å²) in [5.74, 6) is -0.223. The highest BCUT2D eigenvalue weighted by Crippen LogP contribution is 2.35. The van der Waals surface area contributed by atoms with Crippen LogP contribution in [0.3, 0.4) is 0 Å². The van der Waals surface area contributed by atoms with E-state index in [0.29, 0.717) is 17.6 Å². The van der Waals surface area contributed by atoms with Gasteiger partial charge in [-0.1, -0.05) is 24.3 Å². The third kappa shape index (κ3) is 2.13. The second-order valence-electron chi connectivity index (χ2n) is 5.02. The number of rotatable bonds is 4. The van der Waals surface area contributed by atoms with Crippen molar-refractivity contribution in [1.29, 1.82) is 0 Å². The van der Waals surface area contributed by atoms with Crippen molar-refractivity contribution in [2.24, 2.45) is 0 Å². The van der Waals surface area contributed by atoms with E-state index < -0.39 is 0 Å². The Labute approximate surface area is 116 Å². The van der Waals surface area contributed by atoms with Gasteiger partial charge in [-0.25, -0.2) is 0 Å². The summed E-state index contributed by atoms with van der Waals surface area (Å²) in [6, 6.07) is 9.34. The maximum absolute atomic E-state index is 12.6. The van der Waals surface area contributed by atoms with E-state index in [1.807, 2.05) is 24.3 Å². The molecule has 0 bridgehead atoms. The van der Waals surface area contributed by atoms with Crippen molar-refractivity contribution in [3.05, 3.63) is 59.0 Å². The van der Waals surface area contributed by atoms with Gasteiger partial charge in [-0.05, 0) is 30.4 Å². The van der Waals surface area contributed by atoms with E-state index >= 15 is 0 Å². The number of nitrogens with one attached hydrogen (secondary N) is 1. The summed E-state index contributed by atoms with van der Waals surface area (Å²) in [5.41, 5.74) is 0.368. The zero-order valence-corrected chi connectivity index (χ0v) is 11.1. The molecule has 0 radical (unpaired) electrons. The molecule has 0 aliphatic heterocycles. The molecule has 1 amide bonds. The smallest absolute Gasteiger partial charge is 0.268 e. The molecule has 1 aromatic carbocycles. The highest BCUT2D eigenvalue weighted by Gasteiger charge is 2.29. The van der Waals surface area contributed by atoms with Crippen molar-refractivity contribution >= 4 is 16.7 Å². The van der Waals surface area contributed by atoms with Crippen LogP contribution in [0, 0.1) is 0 Å². The normalized spacial score (nSPS) is 14.2. The highest BCUT2D eigenvalue weighted by molar-refractivity contribution is 5.96. The number of hydrogen-bond donors (Lipinski definition) is 1. The van der Waals surface area contributed by atoms with Gasteiger partial charge in [-0.3, -0.25) is 9.59 Å². The molecule has 4 nitrogen and oxygen atoms in total. The fourth-order valence-corrected chi connectivity index (χ4v) is 2.40. The van der Waals surface area contributed by atoms with Crippen LogP contribution in [0.25, 0.3) is 10.8 Å². The van der Waals surface area contributed by atoms with Crippen LogP contribution < -0.4 is 10.9 Å². The number of hydrogen-bond acceptors (Lipinski definition) is 2. The summed E-state index contributed by atoms with van der Waals surface area (Å²) in [4.78, 5) is 24.8. The van der Waals surface area contributed by atoms with Crippen molar-refractivity contribution in [1.82, 2.24) is 9.88 Å². The van der Waals surface area contributed by atoms with Gasteiger partial charge < -0.3 is 9.88 Å². The van der Waals surface area contributed by atoms with Crippen molar-refractivity contribution in [2.75, 3.05) is 6.54 Å². The molecule has 1 heterocycles. The van der Waals surface area contributed by atoms with Crippen LogP contribution >= 0.6 is 0 Å². The summed E-state index contributed by atoms with van der Waals surface area (Å²) in [6.07, 6.45) is 3.54. The monoisotopic (exact) mass is 268 g/mol. The molecule has 20 heavy (non-hydrogen) atoms. The van der Waals surface area contributed by atoms with Crippen LogP contribution in [0.5, 0.6) is 0 Å². The second kappa shape index (κ2) is 4.96. The lowest BCUT2D eigenvalue weighted by Crippen LogP contribution is -2.32. The fraction of sp³-hybridized carbons (Fsp3) is 0.250. The van der Waals surface area contributed by atoms with E-state index in [-0.39, 0.29) is 17.5 Å². The first kappa shape index (κ1) is 12.7. The number of carbonyl (C=O) groups excluding carboxylic acids is 1. The molecule has 0 saturated heterocycles. The van der Waals surface area contributed by atoms with Crippen LogP contribution in [0.2, 0.25) is 0 Å². The molecule has 1 aromatic heterocycles. The van der Waals surface area contributed by atoms with E-state index in [9.17, 15) is 9.59 Å². The maximum atomic E-state index is 12.6. The number of amides is 1. The minimum atomic E-state index is -0.223. The lowest BCUT2D eigenvalue weighted by atomic mass is 10.1. The molecular weight excluding hydrogens is 252 g/mol. The van der Waals surface area contributed by atoms with Gasteiger partial charge >= 0.3 is 0 Å². The fourth-order valence-electron chi connectivity index (χ4n) is 2.40. The zero-order chi connectivity index (χ0) is 14.1. The van der Waals surface area contributed by atoms with Gasteiger partial charge in [0.05, 0.1) is 0 Å². The third-order valence-electron chi connectivity index (χ3n) is 3.51. The largest absolute Gasteiger partial charge is 0.347 e. The predicted octanol–water partition coefficient (Wildman–Crippen LogP) is 2.25. The number of pyridine rings is 1. The number of benzene rings is 1. The van der Waals surface area contributed by atoms with Crippen molar-refractivity contribution in [3.63, 3.8) is 0 Å². The van der Waals surface area contributed by atoms with E-state index in [2.05, 4.69) is 11.9 Å². The molecule has 0 spiro atoms. The van der Waals surface area contributed by atoms with E-state index in [1.54, 1.807) is 16.7 Å². The van der Waals surface area contributed by atoms with Crippen LogP contribution in [0.4, 0.5) is 0 Å². The minimum Gasteiger partial charge on any atom is -0.347 e. The van der Waals surface area contributed by atoms with E-state index in [0.717, 1.165) is 18.2 Å². The Morgan fingerprint density at radius 3 is 2.85 bits per heavy atom. The van der Waals surface area contributed by atoms with Crippen LogP contribution in [-0.4, -0.2) is 17.0 Å². The van der Waals surface area contributed by atoms with Crippen LogP contribution in [0.15, 0.2) is 47.8 Å². The lowest BCUT2D eigenvalue weighted by Gasteiger charge is -2.13. The van der Waals surface area contributed by atoms with E-state index in [1.165, 1.54) is 0 Å². The molecule has 2 aromatic rings. The summed E-state index contributed by atoms with van der Waals surface area (Å²) < 4.78 is 1.64. The zero-order valence-electron chi connectivity index (χ0n) is 11.1. The average molecular weight is 268 g/mol. The molecule has 102 valence electrons. The Bertz CT molecular complexity index is 742. The lowest BCUT2D eigenvalue weighted by molar-refractivity contribution is 0.0947. The van der Waals surface area contributed by atoms with Gasteiger partial charge in [-0.15, -0.1) is 6.58 Å². The first-order valence-corrected chi connectivity index (χ1v) is 6.75. The standard InChI is InChI=1S/C16H16N2O2/c1-2-9-17-15(19)14-10-11-5-3-4-6-13(11)16(20)18(14)12-7-8-12/h2-6,10,12H,1,7-9H2,(H,17,19). The summed E-state index contributed by atoms with van der Waals surface area (Å²) in [6.45, 7) is 3.97. The van der Waals surface area contributed by atoms with Crippen molar-refractivity contribution in [2.45, 2.75) is 18.9 Å². The average Bonchev–Trinajstić information content (AvgIpc) is 3.29. The van der Waals surface area contributed by atoms with E-state index in [4.69, 9.17) is 0 Å². The quantitative estimate of drug-likeness (QED) is 0.865. The molecule has 1 aliphatic carbocycles. The Kier molecular flexibility index (Phi) is 3.14. The van der Waals surface area contributed by atoms with Gasteiger partial charge in [-0.2, -0.15) is 0 Å². The first-order chi connectivity index (χ1) is 9.72. The predicted molar refractivity (Wildman–Crippen MR) is 79.0 cm³/mol. The Hall–Kier alpha value is -2.36. The number of nitrogens with zero attached hydrogens (tertiary/aromatic N) is 1. The van der Waals surface area contributed by atoms with Gasteiger partial charge in [0.1, 0.15) is 5.69 Å². The number of aromatic nitrogens is 1. The van der Waals surface area contributed by atoms with Gasteiger partial charge in [0, 0.05) is 18.0 Å². The Morgan fingerprint density at radius 1 is 1.40 bits per heavy atom. The second-order valence-corrected chi connectivity index (χ2v) is 5.02. The third-order valence-corrected chi connectivity index (χ3v) is 3.51. The molecule has 4 heteroatoms. The molecule has 1 saturated carbocycles. The number of carbonyl (C=O) groups is 1. The topological polar surface area (TPSA) is 51.1 Å². The molecule has 1 aliphatic rings. The molecule has 0 unspecified atom stereocenters. The number of fused-ring (bicyclic) bond motifs is 1. The highest BCUT2D eigenvalue weighted by atomic mass is 16.2. The minimum absolute atomic E-state index is 0.0747. The summed E-state index contributed by atoms with van der Waals surface area (Å²) >= 11 is 0. The summed E-state index contributed by atoms with van der Waals surface area (Å²) in [7, 11) is 0. The van der Waals surface area contributed by atoms with Crippen LogP contribution in [-0.2, 0) is 0 Å². The molecule has 1 fully saturated rings. The van der Waals surface area contributed by atoms with Gasteiger partial charge in [0.25, 0.3) is 11.5 Å². The molecule has 1 N–H and O–H groups in total. The van der Waals surface area contributed by atoms with Crippen molar-refractivity contribution in [3.8, 4) is 0 Å². The first-order valence-electron chi connectivity index (χ1n) is 6.75. The SMILES string of the molecule is C=CCNC(=O)c1cc2ccccc2c(=O)n1C1CC1. The molecule has 3 rings (SSSR count). The van der Waals surface area contributed by atoms with Gasteiger partial charge in [0.2, 0.25) is 0 Å².